The first-order valence-corrected chi connectivity index (χ1v) is 13.5. The topological polar surface area (TPSA) is 95.9 Å². The molecule has 2 saturated carbocycles. The molecule has 2 bridgehead atoms. The van der Waals surface area contributed by atoms with Gasteiger partial charge in [-0.15, -0.1) is 0 Å². The van der Waals surface area contributed by atoms with Gasteiger partial charge in [-0.25, -0.2) is 4.90 Å². The highest BCUT2D eigenvalue weighted by molar-refractivity contribution is 6.23. The third kappa shape index (κ3) is 3.30. The molecule has 0 radical (unpaired) electrons. The molecular formula is C31H26N2O7. The molecule has 3 fully saturated rings. The molecule has 0 unspecified atom stereocenters. The number of imide groups is 1. The Morgan fingerprint density at radius 3 is 2.50 bits per heavy atom. The van der Waals surface area contributed by atoms with Crippen LogP contribution >= 0.6 is 0 Å². The molecule has 6 atom stereocenters. The Balaban J connectivity index is 1.05. The number of fused-ring (bicyclic) bond motifs is 9. The van der Waals surface area contributed by atoms with Crippen molar-refractivity contribution in [2.24, 2.45) is 34.7 Å². The maximum Gasteiger partial charge on any atom is 0.238 e. The summed E-state index contributed by atoms with van der Waals surface area (Å²) >= 11 is 0. The van der Waals surface area contributed by atoms with Gasteiger partial charge >= 0.3 is 0 Å². The number of methoxy groups -OCH3 is 1. The van der Waals surface area contributed by atoms with E-state index in [1.165, 1.54) is 4.90 Å². The summed E-state index contributed by atoms with van der Waals surface area (Å²) in [6.07, 6.45) is 0.542. The predicted octanol–water partition coefficient (Wildman–Crippen LogP) is 4.18. The van der Waals surface area contributed by atoms with Crippen LogP contribution < -0.4 is 23.8 Å². The van der Waals surface area contributed by atoms with E-state index in [1.54, 1.807) is 25.3 Å². The Labute approximate surface area is 230 Å². The van der Waals surface area contributed by atoms with Crippen molar-refractivity contribution < 1.29 is 33.4 Å². The number of carbonyl (C=O) groups is 2. The van der Waals surface area contributed by atoms with E-state index in [4.69, 9.17) is 23.8 Å². The van der Waals surface area contributed by atoms with Crippen LogP contribution in [-0.2, 0) is 21.0 Å². The smallest absolute Gasteiger partial charge is 0.238 e. The van der Waals surface area contributed by atoms with Crippen LogP contribution in [0.2, 0.25) is 0 Å². The van der Waals surface area contributed by atoms with Crippen LogP contribution in [0.4, 0.5) is 5.69 Å². The minimum absolute atomic E-state index is 0.0308. The fourth-order valence-electron chi connectivity index (χ4n) is 7.32. The molecule has 40 heavy (non-hydrogen) atoms. The lowest BCUT2D eigenvalue weighted by Gasteiger charge is -2.29. The lowest BCUT2D eigenvalue weighted by Crippen LogP contribution is -2.41. The average molecular weight is 539 g/mol. The van der Waals surface area contributed by atoms with Gasteiger partial charge in [0, 0.05) is 23.5 Å². The van der Waals surface area contributed by atoms with Gasteiger partial charge in [0.1, 0.15) is 12.7 Å². The maximum atomic E-state index is 13.8. The van der Waals surface area contributed by atoms with Gasteiger partial charge < -0.3 is 23.8 Å². The number of nitrogens with zero attached hydrogens (tertiary/aromatic N) is 2. The fourth-order valence-corrected chi connectivity index (χ4v) is 7.32. The summed E-state index contributed by atoms with van der Waals surface area (Å²) in [5.74, 6) is 1.10. The maximum absolute atomic E-state index is 13.8. The summed E-state index contributed by atoms with van der Waals surface area (Å²) < 4.78 is 22.6. The Morgan fingerprint density at radius 1 is 0.875 bits per heavy atom. The van der Waals surface area contributed by atoms with Gasteiger partial charge in [0.05, 0.1) is 30.3 Å². The zero-order chi connectivity index (χ0) is 27.0. The van der Waals surface area contributed by atoms with E-state index in [2.05, 4.69) is 5.16 Å². The third-order valence-corrected chi connectivity index (χ3v) is 9.00. The number of anilines is 1. The number of hydrogen-bond donors (Lipinski definition) is 0. The van der Waals surface area contributed by atoms with E-state index in [0.717, 1.165) is 23.3 Å². The summed E-state index contributed by atoms with van der Waals surface area (Å²) in [5, 5.41) is 4.48. The molecule has 3 aromatic carbocycles. The Bertz CT molecular complexity index is 1570. The minimum atomic E-state index is -0.401. The number of ether oxygens (including phenoxy) is 4. The van der Waals surface area contributed by atoms with Crippen molar-refractivity contribution in [2.45, 2.75) is 19.1 Å². The second-order valence-electron chi connectivity index (χ2n) is 10.9. The SMILES string of the molecule is COc1cc(C2=NO[C@@H]3[C@H]4C[C@H]([C@H]5C(=O)N(c6ccc7c(c6)OCO7)C(=O)[C@@H]45)[C@H]23)ccc1OCc1ccccc1. The van der Waals surface area contributed by atoms with E-state index >= 15 is 0 Å². The summed E-state index contributed by atoms with van der Waals surface area (Å²) in [5.41, 5.74) is 3.24. The second-order valence-corrected chi connectivity index (χ2v) is 10.9. The van der Waals surface area contributed by atoms with E-state index in [1.807, 2.05) is 48.5 Å². The van der Waals surface area contributed by atoms with Crippen molar-refractivity contribution in [2.75, 3.05) is 18.8 Å². The molecule has 1 saturated heterocycles. The number of amides is 2. The molecule has 3 heterocycles. The molecule has 202 valence electrons. The molecule has 9 nitrogen and oxygen atoms in total. The molecule has 8 rings (SSSR count). The van der Waals surface area contributed by atoms with Gasteiger partial charge in [0.2, 0.25) is 18.6 Å². The van der Waals surface area contributed by atoms with Crippen LogP contribution in [-0.4, -0.2) is 37.5 Å². The van der Waals surface area contributed by atoms with Gasteiger partial charge in [0.25, 0.3) is 0 Å². The van der Waals surface area contributed by atoms with Crippen LogP contribution in [0.3, 0.4) is 0 Å². The quantitative estimate of drug-likeness (QED) is 0.435. The molecule has 5 aliphatic rings. The van der Waals surface area contributed by atoms with E-state index in [9.17, 15) is 9.59 Å². The average Bonchev–Trinajstić information content (AvgIpc) is 3.79. The molecule has 0 aromatic heterocycles. The van der Waals surface area contributed by atoms with Crippen molar-refractivity contribution in [3.05, 3.63) is 77.9 Å². The highest BCUT2D eigenvalue weighted by Crippen LogP contribution is 2.62. The van der Waals surface area contributed by atoms with E-state index < -0.39 is 11.8 Å². The lowest BCUT2D eigenvalue weighted by atomic mass is 9.71. The minimum Gasteiger partial charge on any atom is -0.493 e. The summed E-state index contributed by atoms with van der Waals surface area (Å²) in [4.78, 5) is 34.7. The largest absolute Gasteiger partial charge is 0.493 e. The predicted molar refractivity (Wildman–Crippen MR) is 142 cm³/mol. The van der Waals surface area contributed by atoms with Gasteiger partial charge in [0.15, 0.2) is 23.0 Å². The van der Waals surface area contributed by atoms with Crippen molar-refractivity contribution in [1.29, 1.82) is 0 Å². The molecule has 2 amide bonds. The number of benzene rings is 3. The molecule has 3 aromatic rings. The molecule has 9 heteroatoms. The highest BCUT2D eigenvalue weighted by atomic mass is 16.7. The van der Waals surface area contributed by atoms with Crippen molar-refractivity contribution in [1.82, 2.24) is 0 Å². The van der Waals surface area contributed by atoms with Crippen LogP contribution in [0, 0.1) is 29.6 Å². The van der Waals surface area contributed by atoms with Gasteiger partial charge in [-0.1, -0.05) is 35.5 Å². The Morgan fingerprint density at radius 2 is 1.68 bits per heavy atom. The molecular weight excluding hydrogens is 512 g/mol. The molecule has 0 spiro atoms. The van der Waals surface area contributed by atoms with Crippen molar-refractivity contribution in [3.8, 4) is 23.0 Å². The van der Waals surface area contributed by atoms with Crippen LogP contribution in [0.15, 0.2) is 71.9 Å². The number of carbonyl (C=O) groups excluding carboxylic acids is 2. The normalized spacial score (nSPS) is 28.8. The third-order valence-electron chi connectivity index (χ3n) is 9.00. The van der Waals surface area contributed by atoms with Crippen molar-refractivity contribution >= 4 is 23.2 Å². The zero-order valence-electron chi connectivity index (χ0n) is 21.7. The first kappa shape index (κ1) is 23.4. The first-order chi connectivity index (χ1) is 19.6. The monoisotopic (exact) mass is 538 g/mol. The van der Waals surface area contributed by atoms with Crippen LogP contribution in [0.5, 0.6) is 23.0 Å². The summed E-state index contributed by atoms with van der Waals surface area (Å²) in [6.45, 7) is 0.554. The Hall–Kier alpha value is -4.53. The second kappa shape index (κ2) is 8.74. The number of oxime groups is 1. The van der Waals surface area contributed by atoms with E-state index in [-0.39, 0.29) is 42.5 Å². The zero-order valence-corrected chi connectivity index (χ0v) is 21.7. The van der Waals surface area contributed by atoms with E-state index in [0.29, 0.717) is 35.3 Å². The molecule has 2 aliphatic carbocycles. The lowest BCUT2D eigenvalue weighted by molar-refractivity contribution is -0.125. The standard InChI is InChI=1S/C31H26N2O7/c1-36-23-11-17(7-9-21(23)37-14-16-5-3-2-4-6-16)28-27-19-13-20(29(27)40-32-28)26-25(19)30(34)33(31(26)35)18-8-10-22-24(12-18)39-15-38-22/h2-12,19-20,25-27,29H,13-15H2,1H3/t19-,20+,25-,26+,27-,29-/m1/s1. The van der Waals surface area contributed by atoms with Crippen LogP contribution in [0.1, 0.15) is 17.5 Å². The van der Waals surface area contributed by atoms with Crippen molar-refractivity contribution in [3.63, 3.8) is 0 Å². The number of rotatable bonds is 6. The number of hydrogen-bond acceptors (Lipinski definition) is 8. The van der Waals surface area contributed by atoms with Gasteiger partial charge in [-0.3, -0.25) is 9.59 Å². The Kier molecular flexibility index (Phi) is 5.11. The van der Waals surface area contributed by atoms with Crippen LogP contribution in [0.25, 0.3) is 0 Å². The fraction of sp³-hybridized carbons (Fsp3) is 0.323. The van der Waals surface area contributed by atoms with Gasteiger partial charge in [-0.2, -0.15) is 0 Å². The summed E-state index contributed by atoms with van der Waals surface area (Å²) in [7, 11) is 1.61. The summed E-state index contributed by atoms with van der Waals surface area (Å²) in [6, 6.07) is 20.9. The molecule has 0 N–H and O–H groups in total. The van der Waals surface area contributed by atoms with Gasteiger partial charge in [-0.05, 0) is 48.2 Å². The highest BCUT2D eigenvalue weighted by Gasteiger charge is 2.70. The molecule has 3 aliphatic heterocycles. The first-order valence-electron chi connectivity index (χ1n) is 13.5.